The number of nitrogens with zero attached hydrogens (tertiary/aromatic N) is 2. The quantitative estimate of drug-likeness (QED) is 0.361. The van der Waals surface area contributed by atoms with E-state index in [1.165, 1.54) is 11.0 Å². The number of primary amides is 1. The normalized spacial score (nSPS) is 29.6. The van der Waals surface area contributed by atoms with E-state index in [0.29, 0.717) is 19.5 Å². The number of β-lactam (4-membered cyclic amide) rings is 1. The Balaban J connectivity index is 1.91. The molecule has 4 atom stereocenters. The van der Waals surface area contributed by atoms with Crippen molar-refractivity contribution in [2.45, 2.75) is 25.5 Å². The number of carbonyl (C=O) groups excluding carboxylic acids is 3. The molecule has 0 unspecified atom stereocenters. The van der Waals surface area contributed by atoms with Gasteiger partial charge in [-0.05, 0) is 25.5 Å². The fourth-order valence-electron chi connectivity index (χ4n) is 4.22. The molecule has 0 spiro atoms. The number of piperidine rings is 1. The van der Waals surface area contributed by atoms with E-state index >= 15 is 0 Å². The molecule has 8 heteroatoms. The average molecular weight is 349 g/mol. The van der Waals surface area contributed by atoms with Crippen LogP contribution < -0.4 is 5.73 Å². The van der Waals surface area contributed by atoms with Gasteiger partial charge >= 0.3 is 5.97 Å². The van der Waals surface area contributed by atoms with E-state index in [-0.39, 0.29) is 36.7 Å². The van der Waals surface area contributed by atoms with Crippen molar-refractivity contribution in [1.82, 2.24) is 9.80 Å². The molecular formula is C17H23N3O5. The van der Waals surface area contributed by atoms with Gasteiger partial charge in [0.05, 0.1) is 24.6 Å². The zero-order valence-corrected chi connectivity index (χ0v) is 14.2. The van der Waals surface area contributed by atoms with Crippen LogP contribution in [0.25, 0.3) is 0 Å². The van der Waals surface area contributed by atoms with E-state index in [4.69, 9.17) is 10.5 Å². The Morgan fingerprint density at radius 2 is 2.24 bits per heavy atom. The summed E-state index contributed by atoms with van der Waals surface area (Å²) in [5.41, 5.74) is 6.33. The number of carbonyl (C=O) groups is 3. The Kier molecular flexibility index (Phi) is 4.66. The molecule has 8 nitrogen and oxygen atoms in total. The van der Waals surface area contributed by atoms with E-state index in [1.54, 1.807) is 6.92 Å². The van der Waals surface area contributed by atoms with Crippen LogP contribution in [0.2, 0.25) is 0 Å². The number of amides is 2. The maximum Gasteiger partial charge on any atom is 0.355 e. The number of esters is 1. The maximum atomic E-state index is 12.5. The Morgan fingerprint density at radius 1 is 1.52 bits per heavy atom. The number of hydrogen-bond donors (Lipinski definition) is 2. The van der Waals surface area contributed by atoms with Crippen molar-refractivity contribution >= 4 is 17.8 Å². The Labute approximate surface area is 145 Å². The van der Waals surface area contributed by atoms with Crippen LogP contribution in [-0.2, 0) is 19.1 Å². The third-order valence-corrected chi connectivity index (χ3v) is 5.17. The molecule has 0 radical (unpaired) electrons. The number of likely N-dealkylation sites (tertiary alicyclic amines) is 1. The zero-order chi connectivity index (χ0) is 18.3. The first-order valence-electron chi connectivity index (χ1n) is 8.39. The number of aliphatic hydroxyl groups excluding tert-OH is 1. The summed E-state index contributed by atoms with van der Waals surface area (Å²) in [6.07, 6.45) is 1.38. The van der Waals surface area contributed by atoms with Crippen LogP contribution in [0.3, 0.4) is 0 Å². The van der Waals surface area contributed by atoms with E-state index in [2.05, 4.69) is 6.58 Å². The van der Waals surface area contributed by atoms with E-state index in [1.807, 2.05) is 4.90 Å². The predicted molar refractivity (Wildman–Crippen MR) is 87.7 cm³/mol. The minimum Gasteiger partial charge on any atom is -0.457 e. The molecule has 2 amide bonds. The van der Waals surface area contributed by atoms with Gasteiger partial charge in [0, 0.05) is 12.5 Å². The van der Waals surface area contributed by atoms with E-state index in [0.717, 1.165) is 5.57 Å². The van der Waals surface area contributed by atoms with Gasteiger partial charge in [0.1, 0.15) is 12.3 Å². The molecule has 0 aromatic carbocycles. The van der Waals surface area contributed by atoms with Crippen LogP contribution >= 0.6 is 0 Å². The summed E-state index contributed by atoms with van der Waals surface area (Å²) in [4.78, 5) is 39.5. The van der Waals surface area contributed by atoms with Gasteiger partial charge in [-0.2, -0.15) is 0 Å². The summed E-state index contributed by atoms with van der Waals surface area (Å²) in [5, 5.41) is 9.95. The summed E-state index contributed by atoms with van der Waals surface area (Å²) >= 11 is 0. The second-order valence-electron chi connectivity index (χ2n) is 6.80. The van der Waals surface area contributed by atoms with Crippen LogP contribution in [0.15, 0.2) is 23.9 Å². The Bertz CT molecular complexity index is 657. The van der Waals surface area contributed by atoms with Crippen LogP contribution in [-0.4, -0.2) is 71.1 Å². The second-order valence-corrected chi connectivity index (χ2v) is 6.80. The predicted octanol–water partition coefficient (Wildman–Crippen LogP) is -1.00. The molecule has 0 bridgehead atoms. The zero-order valence-electron chi connectivity index (χ0n) is 14.2. The molecule has 0 aromatic heterocycles. The lowest BCUT2D eigenvalue weighted by Gasteiger charge is -2.48. The highest BCUT2D eigenvalue weighted by atomic mass is 16.5. The van der Waals surface area contributed by atoms with Crippen molar-refractivity contribution in [2.24, 2.45) is 17.6 Å². The fourth-order valence-corrected chi connectivity index (χ4v) is 4.22. The highest BCUT2D eigenvalue weighted by Crippen LogP contribution is 2.50. The van der Waals surface area contributed by atoms with Gasteiger partial charge in [-0.1, -0.05) is 12.7 Å². The highest BCUT2D eigenvalue weighted by Gasteiger charge is 2.61. The maximum absolute atomic E-state index is 12.5. The van der Waals surface area contributed by atoms with Crippen molar-refractivity contribution in [3.05, 3.63) is 23.9 Å². The number of fused-ring (bicyclic) bond motifs is 3. The number of aliphatic hydroxyl groups is 1. The molecule has 2 saturated heterocycles. The average Bonchev–Trinajstić information content (AvgIpc) is 2.81. The third kappa shape index (κ3) is 2.85. The molecule has 136 valence electrons. The Morgan fingerprint density at radius 3 is 2.84 bits per heavy atom. The highest BCUT2D eigenvalue weighted by molar-refractivity contribution is 6.01. The van der Waals surface area contributed by atoms with Crippen molar-refractivity contribution in [3.63, 3.8) is 0 Å². The third-order valence-electron chi connectivity index (χ3n) is 5.17. The first-order chi connectivity index (χ1) is 11.9. The number of rotatable bonds is 6. The lowest BCUT2D eigenvalue weighted by Crippen LogP contribution is -2.64. The lowest BCUT2D eigenvalue weighted by molar-refractivity contribution is -0.164. The summed E-state index contributed by atoms with van der Waals surface area (Å²) in [6.45, 7) is 6.30. The molecule has 0 aromatic rings. The minimum absolute atomic E-state index is 0.00675. The minimum atomic E-state index is -0.776. The smallest absolute Gasteiger partial charge is 0.355 e. The van der Waals surface area contributed by atoms with Crippen LogP contribution in [0.4, 0.5) is 0 Å². The van der Waals surface area contributed by atoms with Gasteiger partial charge in [0.2, 0.25) is 11.8 Å². The van der Waals surface area contributed by atoms with Crippen LogP contribution in [0.1, 0.15) is 13.3 Å². The van der Waals surface area contributed by atoms with Gasteiger partial charge in [-0.15, -0.1) is 0 Å². The Hall–Kier alpha value is -2.19. The van der Waals surface area contributed by atoms with Crippen LogP contribution in [0, 0.1) is 11.8 Å². The van der Waals surface area contributed by atoms with Crippen molar-refractivity contribution in [2.75, 3.05) is 26.2 Å². The van der Waals surface area contributed by atoms with Gasteiger partial charge in [-0.25, -0.2) is 4.79 Å². The summed E-state index contributed by atoms with van der Waals surface area (Å²) in [5.74, 6) is -1.77. The molecule has 3 aliphatic heterocycles. The molecule has 3 N–H and O–H groups in total. The monoisotopic (exact) mass is 349 g/mol. The van der Waals surface area contributed by atoms with E-state index < -0.39 is 23.9 Å². The van der Waals surface area contributed by atoms with Crippen molar-refractivity contribution in [1.29, 1.82) is 0 Å². The lowest BCUT2D eigenvalue weighted by atomic mass is 9.74. The van der Waals surface area contributed by atoms with Gasteiger partial charge in [0.25, 0.3) is 0 Å². The molecule has 0 saturated carbocycles. The van der Waals surface area contributed by atoms with Gasteiger partial charge < -0.3 is 20.5 Å². The molecular weight excluding hydrogens is 326 g/mol. The van der Waals surface area contributed by atoms with Gasteiger partial charge in [-0.3, -0.25) is 14.5 Å². The van der Waals surface area contributed by atoms with Crippen molar-refractivity contribution < 1.29 is 24.2 Å². The molecule has 2 fully saturated rings. The summed E-state index contributed by atoms with van der Waals surface area (Å²) in [6, 6.07) is -0.218. The fraction of sp³-hybridized carbons (Fsp3) is 0.588. The number of nitrogens with two attached hydrogens (primary N) is 1. The van der Waals surface area contributed by atoms with Crippen LogP contribution in [0.5, 0.6) is 0 Å². The summed E-state index contributed by atoms with van der Waals surface area (Å²) in [7, 11) is 0. The number of hydrogen-bond acceptors (Lipinski definition) is 6. The first-order valence-corrected chi connectivity index (χ1v) is 8.39. The molecule has 3 rings (SSSR count). The SMILES string of the molecule is C=CCOC(=O)C1=C2CN(CC(N)=O)CC[C@@H]2[C@@H]2[C@@H]([C@@H](C)O)C(=O)N12. The number of ether oxygens (including phenoxy) is 1. The van der Waals surface area contributed by atoms with Gasteiger partial charge in [0.15, 0.2) is 0 Å². The topological polar surface area (TPSA) is 113 Å². The van der Waals surface area contributed by atoms with E-state index in [9.17, 15) is 19.5 Å². The second kappa shape index (κ2) is 6.61. The van der Waals surface area contributed by atoms with Crippen molar-refractivity contribution in [3.8, 4) is 0 Å². The first kappa shape index (κ1) is 17.6. The largest absolute Gasteiger partial charge is 0.457 e. The molecule has 25 heavy (non-hydrogen) atoms. The molecule has 0 aliphatic carbocycles. The molecule has 3 heterocycles. The standard InChI is InChI=1S/C17H23N3O5/c1-3-6-25-17(24)15-11-7-19(8-12(18)22)5-4-10(11)14-13(9(2)21)16(23)20(14)15/h3,9-10,13-14,21H,1,4-8H2,2H3,(H2,18,22)/t9-,10+,13-,14-/m1/s1. The molecule has 3 aliphatic rings. The summed E-state index contributed by atoms with van der Waals surface area (Å²) < 4.78 is 5.16.